The van der Waals surface area contributed by atoms with Crippen molar-refractivity contribution in [3.8, 4) is 11.1 Å². The maximum atomic E-state index is 14.3. The van der Waals surface area contributed by atoms with Crippen LogP contribution in [-0.4, -0.2) is 41.6 Å². The van der Waals surface area contributed by atoms with E-state index in [-0.39, 0.29) is 23.5 Å². The molecule has 1 unspecified atom stereocenters. The first kappa shape index (κ1) is 30.6. The third kappa shape index (κ3) is 7.75. The lowest BCUT2D eigenvalue weighted by Gasteiger charge is -2.24. The van der Waals surface area contributed by atoms with Gasteiger partial charge in [0.05, 0.1) is 17.3 Å². The molecule has 4 aromatic rings. The van der Waals surface area contributed by atoms with Gasteiger partial charge in [0.2, 0.25) is 5.91 Å². The van der Waals surface area contributed by atoms with Gasteiger partial charge in [-0.3, -0.25) is 9.69 Å². The minimum absolute atomic E-state index is 0.0485. The summed E-state index contributed by atoms with van der Waals surface area (Å²) >= 11 is 5.89. The second kappa shape index (κ2) is 13.2. The zero-order valence-corrected chi connectivity index (χ0v) is 25.5. The summed E-state index contributed by atoms with van der Waals surface area (Å²) in [6, 6.07) is 18.8. The Balaban J connectivity index is 1.25. The Morgan fingerprint density at radius 3 is 2.67 bits per heavy atom. The van der Waals surface area contributed by atoms with Crippen molar-refractivity contribution < 1.29 is 23.1 Å². The van der Waals surface area contributed by atoms with Gasteiger partial charge in [-0.15, -0.1) is 0 Å². The van der Waals surface area contributed by atoms with Gasteiger partial charge in [0.15, 0.2) is 0 Å². The maximum absolute atomic E-state index is 14.3. The fourth-order valence-corrected chi connectivity index (χ4v) is 5.68. The molecule has 2 heterocycles. The molecule has 1 aromatic heterocycles. The van der Waals surface area contributed by atoms with Crippen molar-refractivity contribution in [1.29, 1.82) is 0 Å². The highest BCUT2D eigenvalue weighted by atomic mass is 35.5. The number of likely N-dealkylation sites (tertiary alicyclic amines) is 1. The Morgan fingerprint density at radius 1 is 1.05 bits per heavy atom. The van der Waals surface area contributed by atoms with E-state index in [1.54, 1.807) is 18.4 Å². The van der Waals surface area contributed by atoms with Crippen LogP contribution >= 0.6 is 11.6 Å². The van der Waals surface area contributed by atoms with Crippen LogP contribution in [0.3, 0.4) is 0 Å². The molecule has 1 fully saturated rings. The number of benzene rings is 3. The predicted molar refractivity (Wildman–Crippen MR) is 166 cm³/mol. The molecule has 0 saturated carbocycles. The van der Waals surface area contributed by atoms with E-state index >= 15 is 0 Å². The number of halogens is 2. The summed E-state index contributed by atoms with van der Waals surface area (Å²) in [6.07, 6.45) is 3.68. The highest BCUT2D eigenvalue weighted by Gasteiger charge is 2.30. The second-order valence-electron chi connectivity index (χ2n) is 11.9. The molecule has 0 aliphatic carbocycles. The first-order valence-corrected chi connectivity index (χ1v) is 15.0. The Morgan fingerprint density at radius 2 is 1.86 bits per heavy atom. The molecule has 2 amide bonds. The van der Waals surface area contributed by atoms with Crippen LogP contribution in [0.2, 0.25) is 5.02 Å². The molecule has 1 atom stereocenters. The molecule has 43 heavy (non-hydrogen) atoms. The Bertz CT molecular complexity index is 1610. The summed E-state index contributed by atoms with van der Waals surface area (Å²) in [5.41, 5.74) is 4.63. The van der Waals surface area contributed by atoms with Gasteiger partial charge in [0, 0.05) is 36.1 Å². The normalized spacial score (nSPS) is 15.5. The van der Waals surface area contributed by atoms with Crippen molar-refractivity contribution in [2.45, 2.75) is 64.8 Å². The van der Waals surface area contributed by atoms with Crippen LogP contribution in [0.1, 0.15) is 50.3 Å². The third-order valence-electron chi connectivity index (χ3n) is 7.52. The standard InChI is InChI=1S/C34H37ClFN3O4/c1-34(2,3)43-33(41)38-20-23-7-4-8-24(18-23)27-19-22(17-25-13-16-42-31(25)27)12-15-39-14-6-11-29(39)32(40)37-21-26-9-5-10-28(35)30(26)36/h4-5,7-10,13,16-19,29H,6,11-12,14-15,20-21H2,1-3H3,(H,37,40)(H,38,41). The van der Waals surface area contributed by atoms with Crippen LogP contribution in [0, 0.1) is 5.82 Å². The molecular formula is C34H37ClFN3O4. The predicted octanol–water partition coefficient (Wildman–Crippen LogP) is 7.24. The van der Waals surface area contributed by atoms with E-state index in [9.17, 15) is 14.0 Å². The number of hydrogen-bond acceptors (Lipinski definition) is 5. The highest BCUT2D eigenvalue weighted by Crippen LogP contribution is 2.32. The zero-order chi connectivity index (χ0) is 30.6. The lowest BCUT2D eigenvalue weighted by molar-refractivity contribution is -0.125. The molecule has 9 heteroatoms. The Hall–Kier alpha value is -3.88. The van der Waals surface area contributed by atoms with Crippen LogP contribution in [0.25, 0.3) is 22.1 Å². The van der Waals surface area contributed by atoms with Crippen molar-refractivity contribution in [2.75, 3.05) is 13.1 Å². The zero-order valence-electron chi connectivity index (χ0n) is 24.7. The number of furan rings is 1. The number of carbonyl (C=O) groups excluding carboxylic acids is 2. The lowest BCUT2D eigenvalue weighted by Crippen LogP contribution is -2.43. The third-order valence-corrected chi connectivity index (χ3v) is 7.82. The van der Waals surface area contributed by atoms with E-state index in [4.69, 9.17) is 20.8 Å². The number of ether oxygens (including phenoxy) is 1. The molecule has 1 aliphatic heterocycles. The van der Waals surface area contributed by atoms with Crippen LogP contribution in [0.4, 0.5) is 9.18 Å². The molecule has 1 saturated heterocycles. The van der Waals surface area contributed by atoms with Crippen molar-refractivity contribution in [2.24, 2.45) is 0 Å². The van der Waals surface area contributed by atoms with Crippen LogP contribution < -0.4 is 10.6 Å². The number of nitrogens with one attached hydrogen (secondary N) is 2. The van der Waals surface area contributed by atoms with Gasteiger partial charge >= 0.3 is 6.09 Å². The molecule has 3 aromatic carbocycles. The average molecular weight is 606 g/mol. The number of hydrogen-bond donors (Lipinski definition) is 2. The van der Waals surface area contributed by atoms with Gasteiger partial charge in [0.1, 0.15) is 17.0 Å². The largest absolute Gasteiger partial charge is 0.464 e. The Labute approximate surface area is 256 Å². The van der Waals surface area contributed by atoms with E-state index in [1.807, 2.05) is 51.1 Å². The van der Waals surface area contributed by atoms with Gasteiger partial charge in [-0.2, -0.15) is 0 Å². The van der Waals surface area contributed by atoms with Gasteiger partial charge in [-0.25, -0.2) is 9.18 Å². The lowest BCUT2D eigenvalue weighted by atomic mass is 9.97. The summed E-state index contributed by atoms with van der Waals surface area (Å²) in [5.74, 6) is -0.595. The molecule has 0 bridgehead atoms. The maximum Gasteiger partial charge on any atom is 0.407 e. The minimum Gasteiger partial charge on any atom is -0.464 e. The summed E-state index contributed by atoms with van der Waals surface area (Å²) in [6.45, 7) is 7.48. The molecule has 2 N–H and O–H groups in total. The fourth-order valence-electron chi connectivity index (χ4n) is 5.49. The summed E-state index contributed by atoms with van der Waals surface area (Å²) in [5, 5.41) is 6.77. The monoisotopic (exact) mass is 605 g/mol. The molecule has 7 nitrogen and oxygen atoms in total. The van der Waals surface area contributed by atoms with Crippen molar-refractivity contribution in [3.05, 3.63) is 94.5 Å². The van der Waals surface area contributed by atoms with Crippen molar-refractivity contribution >= 4 is 34.6 Å². The van der Waals surface area contributed by atoms with E-state index in [0.29, 0.717) is 18.7 Å². The van der Waals surface area contributed by atoms with Crippen molar-refractivity contribution in [1.82, 2.24) is 15.5 Å². The quantitative estimate of drug-likeness (QED) is 0.210. The number of carbonyl (C=O) groups is 2. The van der Waals surface area contributed by atoms with Gasteiger partial charge < -0.3 is 19.8 Å². The van der Waals surface area contributed by atoms with E-state index in [0.717, 1.165) is 59.0 Å². The Kier molecular flexibility index (Phi) is 9.37. The molecule has 1 aliphatic rings. The van der Waals surface area contributed by atoms with Crippen LogP contribution in [0.15, 0.2) is 71.3 Å². The van der Waals surface area contributed by atoms with Crippen LogP contribution in [0.5, 0.6) is 0 Å². The first-order valence-electron chi connectivity index (χ1n) is 14.6. The topological polar surface area (TPSA) is 83.8 Å². The number of amides is 2. The summed E-state index contributed by atoms with van der Waals surface area (Å²) in [7, 11) is 0. The van der Waals surface area contributed by atoms with Gasteiger partial charge in [-0.1, -0.05) is 41.9 Å². The minimum atomic E-state index is -0.563. The first-order chi connectivity index (χ1) is 20.6. The van der Waals surface area contributed by atoms with Crippen LogP contribution in [-0.2, 0) is 29.0 Å². The van der Waals surface area contributed by atoms with Crippen molar-refractivity contribution in [3.63, 3.8) is 0 Å². The molecule has 226 valence electrons. The van der Waals surface area contributed by atoms with E-state index in [1.165, 1.54) is 6.07 Å². The summed E-state index contributed by atoms with van der Waals surface area (Å²) < 4.78 is 25.5. The fraction of sp³-hybridized carbons (Fsp3) is 0.353. The average Bonchev–Trinajstić information content (AvgIpc) is 3.64. The van der Waals surface area contributed by atoms with Gasteiger partial charge in [0.25, 0.3) is 0 Å². The SMILES string of the molecule is CC(C)(C)OC(=O)NCc1cccc(-c2cc(CCN3CCCC3C(=O)NCc3cccc(Cl)c3F)cc3ccoc23)c1. The molecular weight excluding hydrogens is 569 g/mol. The second-order valence-corrected chi connectivity index (χ2v) is 12.3. The van der Waals surface area contributed by atoms with E-state index in [2.05, 4.69) is 27.7 Å². The summed E-state index contributed by atoms with van der Waals surface area (Å²) in [4.78, 5) is 27.4. The molecule has 0 radical (unpaired) electrons. The number of alkyl carbamates (subject to hydrolysis) is 1. The number of fused-ring (bicyclic) bond motifs is 1. The number of rotatable bonds is 9. The smallest absolute Gasteiger partial charge is 0.407 e. The van der Waals surface area contributed by atoms with E-state index < -0.39 is 17.5 Å². The number of nitrogens with zero attached hydrogens (tertiary/aromatic N) is 1. The highest BCUT2D eigenvalue weighted by molar-refractivity contribution is 6.30. The molecule has 5 rings (SSSR count). The molecule has 0 spiro atoms. The van der Waals surface area contributed by atoms with Gasteiger partial charge in [-0.05, 0) is 93.6 Å².